The molecule has 0 radical (unpaired) electrons. The largest absolute Gasteiger partial charge is 0.215 e. The summed E-state index contributed by atoms with van der Waals surface area (Å²) in [7, 11) is 0. The van der Waals surface area contributed by atoms with Crippen molar-refractivity contribution in [3.8, 4) is 0 Å². The lowest BCUT2D eigenvalue weighted by Crippen LogP contribution is -1.68. The molecule has 0 aliphatic heterocycles. The van der Waals surface area contributed by atoms with Gasteiger partial charge in [0.15, 0.2) is 11.7 Å². The highest BCUT2D eigenvalue weighted by Gasteiger charge is 1.94. The second-order valence-electron chi connectivity index (χ2n) is 1.19. The van der Waals surface area contributed by atoms with E-state index in [4.69, 9.17) is 0 Å². The number of hydrogen-bond acceptors (Lipinski definition) is 0. The lowest BCUT2D eigenvalue weighted by atomic mass is 10.4. The maximum atomic E-state index is 11.9. The summed E-state index contributed by atoms with van der Waals surface area (Å²) in [5.41, 5.74) is 0. The Morgan fingerprint density at radius 3 is 2.11 bits per heavy atom. The molecule has 0 saturated heterocycles. The van der Waals surface area contributed by atoms with E-state index in [1.807, 2.05) is 0 Å². The smallest absolute Gasteiger partial charge is 0.161 e. The van der Waals surface area contributed by atoms with E-state index >= 15 is 0 Å². The molecule has 0 bridgehead atoms. The first-order valence-electron chi connectivity index (χ1n) is 2.17. The predicted molar refractivity (Wildman–Crippen MR) is 29.7 cm³/mol. The normalized spacial score (nSPS) is 13.7. The third-order valence-electron chi connectivity index (χ3n) is 0.617. The Bertz CT molecular complexity index is 156. The van der Waals surface area contributed by atoms with Crippen LogP contribution >= 0.6 is 0 Å². The molecule has 0 unspecified atom stereocenters. The van der Waals surface area contributed by atoms with Crippen molar-refractivity contribution in [2.24, 2.45) is 0 Å². The molecule has 0 saturated carbocycles. The third kappa shape index (κ3) is 2.74. The van der Waals surface area contributed by atoms with Crippen LogP contribution in [-0.4, -0.2) is 0 Å². The molecule has 0 heterocycles. The average molecular weight is 134 g/mol. The molecule has 0 spiro atoms. The first kappa shape index (κ1) is 8.01. The zero-order valence-electron chi connectivity index (χ0n) is 4.57. The van der Waals surface area contributed by atoms with Crippen LogP contribution in [0.4, 0.5) is 13.2 Å². The summed E-state index contributed by atoms with van der Waals surface area (Å²) in [5.74, 6) is -2.42. The minimum absolute atomic E-state index is 0.0849. The van der Waals surface area contributed by atoms with Gasteiger partial charge in [-0.05, 0) is 6.08 Å². The maximum Gasteiger partial charge on any atom is 0.161 e. The van der Waals surface area contributed by atoms with Crippen LogP contribution in [0, 0.1) is 0 Å². The average Bonchev–Trinajstić information content (AvgIpc) is 1.87. The van der Waals surface area contributed by atoms with Crippen molar-refractivity contribution in [1.29, 1.82) is 0 Å². The molecule has 0 fully saturated rings. The highest BCUT2D eigenvalue weighted by atomic mass is 19.2. The fraction of sp³-hybridized carbons (Fsp3) is 0. The molecule has 0 aliphatic carbocycles. The van der Waals surface area contributed by atoms with Gasteiger partial charge in [0.05, 0.1) is 6.33 Å². The Morgan fingerprint density at radius 2 is 1.78 bits per heavy atom. The highest BCUT2D eigenvalue weighted by molar-refractivity contribution is 5.20. The summed E-state index contributed by atoms with van der Waals surface area (Å²) in [6.07, 6.45) is 0.949. The van der Waals surface area contributed by atoms with Crippen molar-refractivity contribution in [1.82, 2.24) is 0 Å². The Hall–Kier alpha value is -0.990. The number of hydrogen-bond donors (Lipinski definition) is 0. The van der Waals surface area contributed by atoms with Gasteiger partial charge < -0.3 is 0 Å². The van der Waals surface area contributed by atoms with Gasteiger partial charge in [-0.15, -0.1) is 0 Å². The van der Waals surface area contributed by atoms with Crippen LogP contribution < -0.4 is 0 Å². The maximum absolute atomic E-state index is 11.9. The van der Waals surface area contributed by atoms with Gasteiger partial charge in [0.1, 0.15) is 0 Å². The molecular weight excluding hydrogens is 129 g/mol. The zero-order chi connectivity index (χ0) is 7.28. The SMILES string of the molecule is C=C/C(F)=C(F)\C=C\F. The van der Waals surface area contributed by atoms with Crippen LogP contribution in [0.15, 0.2) is 36.7 Å². The van der Waals surface area contributed by atoms with Crippen molar-refractivity contribution in [3.63, 3.8) is 0 Å². The summed E-state index contributed by atoms with van der Waals surface area (Å²) in [6.45, 7) is 2.93. The first-order chi connectivity index (χ1) is 4.22. The number of rotatable bonds is 2. The van der Waals surface area contributed by atoms with E-state index in [0.717, 1.165) is 0 Å². The molecule has 0 aromatic heterocycles. The van der Waals surface area contributed by atoms with E-state index in [1.54, 1.807) is 0 Å². The van der Waals surface area contributed by atoms with E-state index in [9.17, 15) is 13.2 Å². The third-order valence-corrected chi connectivity index (χ3v) is 0.617. The zero-order valence-corrected chi connectivity index (χ0v) is 4.57. The van der Waals surface area contributed by atoms with Crippen molar-refractivity contribution in [2.75, 3.05) is 0 Å². The van der Waals surface area contributed by atoms with Gasteiger partial charge in [0.25, 0.3) is 0 Å². The quantitative estimate of drug-likeness (QED) is 0.509. The second kappa shape index (κ2) is 3.95. The van der Waals surface area contributed by atoms with Gasteiger partial charge in [0, 0.05) is 6.08 Å². The summed E-state index contributed by atoms with van der Waals surface area (Å²) < 4.78 is 34.9. The van der Waals surface area contributed by atoms with E-state index in [1.165, 1.54) is 0 Å². The Kier molecular flexibility index (Phi) is 3.51. The van der Waals surface area contributed by atoms with Crippen LogP contribution in [0.1, 0.15) is 0 Å². The van der Waals surface area contributed by atoms with Crippen LogP contribution in [-0.2, 0) is 0 Å². The highest BCUT2D eigenvalue weighted by Crippen LogP contribution is 2.09. The molecular formula is C6H5F3. The minimum Gasteiger partial charge on any atom is -0.215 e. The Labute approximate surface area is 51.0 Å². The van der Waals surface area contributed by atoms with Crippen LogP contribution in [0.5, 0.6) is 0 Å². The topological polar surface area (TPSA) is 0 Å². The molecule has 9 heavy (non-hydrogen) atoms. The summed E-state index contributed by atoms with van der Waals surface area (Å²) >= 11 is 0. The molecule has 0 amide bonds. The molecule has 0 aromatic rings. The van der Waals surface area contributed by atoms with E-state index in [2.05, 4.69) is 6.58 Å². The van der Waals surface area contributed by atoms with E-state index in [0.29, 0.717) is 12.2 Å². The van der Waals surface area contributed by atoms with Gasteiger partial charge in [-0.3, -0.25) is 0 Å². The van der Waals surface area contributed by atoms with Gasteiger partial charge in [-0.25, -0.2) is 13.2 Å². The molecule has 0 aromatic carbocycles. The first-order valence-corrected chi connectivity index (χ1v) is 2.17. The van der Waals surface area contributed by atoms with Crippen LogP contribution in [0.25, 0.3) is 0 Å². The fourth-order valence-corrected chi connectivity index (χ4v) is 0.232. The van der Waals surface area contributed by atoms with Gasteiger partial charge in [-0.1, -0.05) is 6.58 Å². The van der Waals surface area contributed by atoms with Crippen molar-refractivity contribution in [2.45, 2.75) is 0 Å². The molecule has 50 valence electrons. The lowest BCUT2D eigenvalue weighted by molar-refractivity contribution is 0.569. The molecule has 0 nitrogen and oxygen atoms in total. The van der Waals surface area contributed by atoms with E-state index in [-0.39, 0.29) is 6.33 Å². The standard InChI is InChI=1S/C6H5F3/c1-2-5(8)6(9)3-4-7/h2-4H,1H2/b4-3+,6-5-. The monoisotopic (exact) mass is 134 g/mol. The van der Waals surface area contributed by atoms with Gasteiger partial charge in [0.2, 0.25) is 0 Å². The minimum atomic E-state index is -1.26. The second-order valence-corrected chi connectivity index (χ2v) is 1.19. The Balaban J connectivity index is 4.27. The van der Waals surface area contributed by atoms with Crippen molar-refractivity contribution in [3.05, 3.63) is 36.7 Å². The summed E-state index contributed by atoms with van der Waals surface area (Å²) in [6, 6.07) is 0. The van der Waals surface area contributed by atoms with E-state index < -0.39 is 11.7 Å². The Morgan fingerprint density at radius 1 is 1.22 bits per heavy atom. The van der Waals surface area contributed by atoms with Crippen molar-refractivity contribution < 1.29 is 13.2 Å². The fourth-order valence-electron chi connectivity index (χ4n) is 0.232. The van der Waals surface area contributed by atoms with Crippen molar-refractivity contribution >= 4 is 0 Å². The summed E-state index contributed by atoms with van der Waals surface area (Å²) in [5, 5.41) is 0. The lowest BCUT2D eigenvalue weighted by Gasteiger charge is -1.83. The molecule has 0 rings (SSSR count). The molecule has 0 atom stereocenters. The van der Waals surface area contributed by atoms with Gasteiger partial charge in [-0.2, -0.15) is 0 Å². The van der Waals surface area contributed by atoms with Crippen LogP contribution in [0.2, 0.25) is 0 Å². The molecule has 0 N–H and O–H groups in total. The molecule has 3 heteroatoms. The van der Waals surface area contributed by atoms with Gasteiger partial charge >= 0.3 is 0 Å². The summed E-state index contributed by atoms with van der Waals surface area (Å²) in [4.78, 5) is 0. The molecule has 0 aliphatic rings. The number of allylic oxidation sites excluding steroid dienone is 4. The van der Waals surface area contributed by atoms with Crippen LogP contribution in [0.3, 0.4) is 0 Å². The number of halogens is 3. The predicted octanol–water partition coefficient (Wildman–Crippen LogP) is 2.81.